The van der Waals surface area contributed by atoms with E-state index in [1.165, 1.54) is 5.56 Å². The van der Waals surface area contributed by atoms with Crippen LogP contribution in [0.2, 0.25) is 0 Å². The van der Waals surface area contributed by atoms with Crippen molar-refractivity contribution in [3.05, 3.63) is 93.9 Å². The van der Waals surface area contributed by atoms with Crippen LogP contribution in [0.5, 0.6) is 0 Å². The minimum absolute atomic E-state index is 0.0481. The molecule has 0 saturated carbocycles. The lowest BCUT2D eigenvalue weighted by molar-refractivity contribution is 0.244. The van der Waals surface area contributed by atoms with Crippen molar-refractivity contribution in [1.29, 1.82) is 0 Å². The second kappa shape index (κ2) is 7.29. The molecule has 1 aromatic carbocycles. The van der Waals surface area contributed by atoms with E-state index in [1.54, 1.807) is 17.0 Å². The molecule has 0 saturated heterocycles. The molecule has 1 aliphatic heterocycles. The van der Waals surface area contributed by atoms with Gasteiger partial charge in [-0.05, 0) is 29.7 Å². The molecule has 0 amide bonds. The van der Waals surface area contributed by atoms with Crippen LogP contribution in [-0.4, -0.2) is 30.5 Å². The Hall–Kier alpha value is -3.25. The third-order valence-corrected chi connectivity index (χ3v) is 5.76. The van der Waals surface area contributed by atoms with E-state index in [2.05, 4.69) is 45.2 Å². The Bertz CT molecular complexity index is 1230. The highest BCUT2D eigenvalue weighted by Gasteiger charge is 2.24. The lowest BCUT2D eigenvalue weighted by Gasteiger charge is -2.29. The van der Waals surface area contributed by atoms with Gasteiger partial charge in [-0.15, -0.1) is 0 Å². The van der Waals surface area contributed by atoms with E-state index in [0.717, 1.165) is 47.5 Å². The van der Waals surface area contributed by atoms with E-state index in [0.29, 0.717) is 13.1 Å². The van der Waals surface area contributed by atoms with Gasteiger partial charge in [-0.1, -0.05) is 30.3 Å². The van der Waals surface area contributed by atoms with Crippen LogP contribution in [0.1, 0.15) is 22.5 Å². The molecule has 0 N–H and O–H groups in total. The topological polar surface area (TPSA) is 56.0 Å². The molecule has 0 fully saturated rings. The van der Waals surface area contributed by atoms with Gasteiger partial charge in [0.15, 0.2) is 0 Å². The SMILES string of the molecule is Cn1ccnc1Cn1c(=O)c2c(c3cccnc31)CCN(Cc1ccccc1)C2. The summed E-state index contributed by atoms with van der Waals surface area (Å²) in [6.07, 6.45) is 6.28. The molecule has 0 bridgehead atoms. The second-order valence-corrected chi connectivity index (χ2v) is 7.62. The first kappa shape index (κ1) is 17.8. The summed E-state index contributed by atoms with van der Waals surface area (Å²) in [4.78, 5) is 24.8. The molecule has 3 aromatic heterocycles. The molecule has 6 heteroatoms. The highest BCUT2D eigenvalue weighted by atomic mass is 16.1. The minimum Gasteiger partial charge on any atom is -0.337 e. The van der Waals surface area contributed by atoms with Crippen molar-refractivity contribution in [2.24, 2.45) is 7.05 Å². The van der Waals surface area contributed by atoms with E-state index in [9.17, 15) is 4.79 Å². The fourth-order valence-corrected chi connectivity index (χ4v) is 4.23. The fourth-order valence-electron chi connectivity index (χ4n) is 4.23. The Morgan fingerprint density at radius 1 is 0.966 bits per heavy atom. The number of rotatable bonds is 4. The summed E-state index contributed by atoms with van der Waals surface area (Å²) in [6, 6.07) is 14.5. The van der Waals surface area contributed by atoms with Gasteiger partial charge in [-0.25, -0.2) is 9.97 Å². The molecule has 0 radical (unpaired) electrons. The van der Waals surface area contributed by atoms with Crippen molar-refractivity contribution in [2.75, 3.05) is 6.54 Å². The number of pyridine rings is 2. The number of nitrogens with zero attached hydrogens (tertiary/aromatic N) is 5. The molecule has 1 aliphatic rings. The smallest absolute Gasteiger partial charge is 0.257 e. The van der Waals surface area contributed by atoms with E-state index in [-0.39, 0.29) is 5.56 Å². The molecule has 6 nitrogen and oxygen atoms in total. The van der Waals surface area contributed by atoms with Crippen molar-refractivity contribution in [1.82, 2.24) is 24.0 Å². The molecule has 4 heterocycles. The zero-order valence-corrected chi connectivity index (χ0v) is 16.5. The van der Waals surface area contributed by atoms with Gasteiger partial charge in [0, 0.05) is 56.2 Å². The zero-order valence-electron chi connectivity index (χ0n) is 16.5. The fraction of sp³-hybridized carbons (Fsp3) is 0.261. The standard InChI is InChI=1S/C23H23N5O/c1-26-13-11-24-21(26)16-28-22-19(8-5-10-25-22)18-9-12-27(15-20(18)23(28)29)14-17-6-3-2-4-7-17/h2-8,10-11,13H,9,12,14-16H2,1H3. The van der Waals surface area contributed by atoms with Gasteiger partial charge in [0.05, 0.1) is 6.54 Å². The Labute approximate surface area is 169 Å². The van der Waals surface area contributed by atoms with Crippen molar-refractivity contribution < 1.29 is 0 Å². The van der Waals surface area contributed by atoms with Gasteiger partial charge in [0.2, 0.25) is 0 Å². The highest BCUT2D eigenvalue weighted by Crippen LogP contribution is 2.25. The maximum atomic E-state index is 13.5. The number of benzene rings is 1. The quantitative estimate of drug-likeness (QED) is 0.542. The molecule has 0 aliphatic carbocycles. The normalized spacial score (nSPS) is 14.2. The first-order valence-electron chi connectivity index (χ1n) is 9.92. The summed E-state index contributed by atoms with van der Waals surface area (Å²) < 4.78 is 3.73. The average Bonchev–Trinajstić information content (AvgIpc) is 3.16. The van der Waals surface area contributed by atoms with Crippen LogP contribution in [0.15, 0.2) is 65.8 Å². The van der Waals surface area contributed by atoms with Crippen molar-refractivity contribution >= 4 is 11.0 Å². The predicted molar refractivity (Wildman–Crippen MR) is 113 cm³/mol. The number of imidazole rings is 1. The van der Waals surface area contributed by atoms with Crippen LogP contribution in [0.4, 0.5) is 0 Å². The van der Waals surface area contributed by atoms with Crippen molar-refractivity contribution in [2.45, 2.75) is 26.1 Å². The molecule has 29 heavy (non-hydrogen) atoms. The van der Waals surface area contributed by atoms with Crippen molar-refractivity contribution in [3.63, 3.8) is 0 Å². The number of aryl methyl sites for hydroxylation is 1. The Balaban J connectivity index is 1.58. The minimum atomic E-state index is 0.0481. The van der Waals surface area contributed by atoms with Gasteiger partial charge in [-0.3, -0.25) is 14.3 Å². The van der Waals surface area contributed by atoms with Crippen LogP contribution in [0.3, 0.4) is 0 Å². The predicted octanol–water partition coefficient (Wildman–Crippen LogP) is 2.74. The van der Waals surface area contributed by atoms with Crippen molar-refractivity contribution in [3.8, 4) is 0 Å². The van der Waals surface area contributed by atoms with E-state index >= 15 is 0 Å². The molecular formula is C23H23N5O. The molecule has 4 aromatic rings. The Morgan fingerprint density at radius 2 is 1.83 bits per heavy atom. The Kier molecular flexibility index (Phi) is 4.48. The summed E-state index contributed by atoms with van der Waals surface area (Å²) in [5, 5.41) is 1.08. The summed E-state index contributed by atoms with van der Waals surface area (Å²) in [6.45, 7) is 2.87. The number of aromatic nitrogens is 4. The van der Waals surface area contributed by atoms with E-state index in [4.69, 9.17) is 0 Å². The van der Waals surface area contributed by atoms with Crippen LogP contribution < -0.4 is 5.56 Å². The summed E-state index contributed by atoms with van der Waals surface area (Å²) >= 11 is 0. The van der Waals surface area contributed by atoms with Crippen LogP contribution >= 0.6 is 0 Å². The Morgan fingerprint density at radius 3 is 2.62 bits per heavy atom. The number of fused-ring (bicyclic) bond motifs is 3. The van der Waals surface area contributed by atoms with Crippen LogP contribution in [0.25, 0.3) is 11.0 Å². The van der Waals surface area contributed by atoms with E-state index < -0.39 is 0 Å². The maximum Gasteiger partial charge on any atom is 0.257 e. The molecule has 5 rings (SSSR count). The molecular weight excluding hydrogens is 362 g/mol. The van der Waals surface area contributed by atoms with Gasteiger partial charge in [-0.2, -0.15) is 0 Å². The van der Waals surface area contributed by atoms with Crippen LogP contribution in [0, 0.1) is 0 Å². The molecule has 146 valence electrons. The third-order valence-electron chi connectivity index (χ3n) is 5.76. The number of hydrogen-bond donors (Lipinski definition) is 0. The largest absolute Gasteiger partial charge is 0.337 e. The summed E-state index contributed by atoms with van der Waals surface area (Å²) in [5.41, 5.74) is 4.11. The zero-order chi connectivity index (χ0) is 19.8. The third kappa shape index (κ3) is 3.25. The maximum absolute atomic E-state index is 13.5. The van der Waals surface area contributed by atoms with Gasteiger partial charge < -0.3 is 4.57 Å². The van der Waals surface area contributed by atoms with Gasteiger partial charge in [0.25, 0.3) is 5.56 Å². The second-order valence-electron chi connectivity index (χ2n) is 7.62. The van der Waals surface area contributed by atoms with E-state index in [1.807, 2.05) is 29.9 Å². The average molecular weight is 385 g/mol. The summed E-state index contributed by atoms with van der Waals surface area (Å²) in [5.74, 6) is 0.843. The molecule has 0 atom stereocenters. The van der Waals surface area contributed by atoms with Gasteiger partial charge >= 0.3 is 0 Å². The lowest BCUT2D eigenvalue weighted by Crippen LogP contribution is -2.37. The molecule has 0 spiro atoms. The first-order chi connectivity index (χ1) is 14.2. The summed E-state index contributed by atoms with van der Waals surface area (Å²) in [7, 11) is 1.95. The highest BCUT2D eigenvalue weighted by molar-refractivity contribution is 5.80. The first-order valence-corrected chi connectivity index (χ1v) is 9.92. The molecule has 0 unspecified atom stereocenters. The lowest BCUT2D eigenvalue weighted by atomic mass is 9.97. The van der Waals surface area contributed by atoms with Crippen LogP contribution in [-0.2, 0) is 33.1 Å². The number of hydrogen-bond acceptors (Lipinski definition) is 4. The van der Waals surface area contributed by atoms with Gasteiger partial charge in [0.1, 0.15) is 11.5 Å². The monoisotopic (exact) mass is 385 g/mol.